The van der Waals surface area contributed by atoms with Gasteiger partial charge in [0.25, 0.3) is 0 Å². The summed E-state index contributed by atoms with van der Waals surface area (Å²) in [6.07, 6.45) is 1.27. The first-order valence-electron chi connectivity index (χ1n) is 7.03. The zero-order valence-corrected chi connectivity index (χ0v) is 12.3. The van der Waals surface area contributed by atoms with Crippen LogP contribution in [0.15, 0.2) is 29.4 Å². The van der Waals surface area contributed by atoms with Crippen LogP contribution in [0.1, 0.15) is 17.5 Å². The molecule has 0 spiro atoms. The maximum absolute atomic E-state index is 8.85. The number of nitrogens with two attached hydrogens (primary N) is 1. The Balaban J connectivity index is 1.99. The molecule has 2 rings (SSSR count). The summed E-state index contributed by atoms with van der Waals surface area (Å²) in [6, 6.07) is 7.82. The summed E-state index contributed by atoms with van der Waals surface area (Å²) in [6.45, 7) is 4.26. The Bertz CT molecular complexity index is 475. The molecular formula is C15H24N4O. The van der Waals surface area contributed by atoms with Crippen LogP contribution in [0.5, 0.6) is 0 Å². The lowest BCUT2D eigenvalue weighted by molar-refractivity contribution is 0.267. The van der Waals surface area contributed by atoms with Crippen LogP contribution in [0.25, 0.3) is 0 Å². The van der Waals surface area contributed by atoms with E-state index in [1.165, 1.54) is 19.5 Å². The molecule has 0 bridgehead atoms. The number of likely N-dealkylation sites (tertiary alicyclic amines) is 1. The van der Waals surface area contributed by atoms with Gasteiger partial charge in [0.15, 0.2) is 5.84 Å². The molecule has 1 aromatic rings. The van der Waals surface area contributed by atoms with Crippen molar-refractivity contribution in [2.75, 3.05) is 33.7 Å². The van der Waals surface area contributed by atoms with Crippen molar-refractivity contribution in [1.29, 1.82) is 0 Å². The number of hydrogen-bond donors (Lipinski definition) is 2. The number of benzene rings is 1. The minimum absolute atomic E-state index is 0.176. The lowest BCUT2D eigenvalue weighted by Gasteiger charge is -2.22. The summed E-state index contributed by atoms with van der Waals surface area (Å²) in [7, 11) is 4.30. The predicted octanol–water partition coefficient (Wildman–Crippen LogP) is 1.16. The molecule has 1 saturated heterocycles. The molecule has 1 heterocycles. The number of oxime groups is 1. The topological polar surface area (TPSA) is 65.1 Å². The Morgan fingerprint density at radius 2 is 2.25 bits per heavy atom. The van der Waals surface area contributed by atoms with Gasteiger partial charge in [0.2, 0.25) is 0 Å². The van der Waals surface area contributed by atoms with Crippen molar-refractivity contribution in [3.8, 4) is 0 Å². The summed E-state index contributed by atoms with van der Waals surface area (Å²) in [4.78, 5) is 4.69. The fraction of sp³-hybridized carbons (Fsp3) is 0.533. The van der Waals surface area contributed by atoms with Gasteiger partial charge in [-0.15, -0.1) is 0 Å². The number of rotatable bonds is 5. The second kappa shape index (κ2) is 6.72. The minimum atomic E-state index is 0.176. The molecule has 20 heavy (non-hydrogen) atoms. The molecule has 1 aliphatic heterocycles. The van der Waals surface area contributed by atoms with Gasteiger partial charge in [0, 0.05) is 25.2 Å². The van der Waals surface area contributed by atoms with Gasteiger partial charge in [-0.2, -0.15) is 0 Å². The zero-order valence-electron chi connectivity index (χ0n) is 12.3. The predicted molar refractivity (Wildman–Crippen MR) is 80.9 cm³/mol. The third-order valence-corrected chi connectivity index (χ3v) is 3.90. The third kappa shape index (κ3) is 3.71. The Hall–Kier alpha value is -1.59. The Labute approximate surface area is 120 Å². The molecule has 1 unspecified atom stereocenters. The second-order valence-corrected chi connectivity index (χ2v) is 5.76. The fourth-order valence-electron chi connectivity index (χ4n) is 2.93. The standard InChI is InChI=1S/C15H24N4O/c1-18-8-7-12(9-18)10-19(2)11-13-5-3-4-6-14(13)15(16)17-20/h3-6,12,20H,7-11H2,1-2H3,(H2,16,17). The van der Waals surface area contributed by atoms with E-state index in [2.05, 4.69) is 29.1 Å². The highest BCUT2D eigenvalue weighted by molar-refractivity contribution is 5.98. The van der Waals surface area contributed by atoms with Gasteiger partial charge >= 0.3 is 0 Å². The molecule has 1 fully saturated rings. The van der Waals surface area contributed by atoms with Crippen LogP contribution >= 0.6 is 0 Å². The van der Waals surface area contributed by atoms with Crippen molar-refractivity contribution < 1.29 is 5.21 Å². The van der Waals surface area contributed by atoms with Gasteiger partial charge in [-0.3, -0.25) is 0 Å². The summed E-state index contributed by atoms with van der Waals surface area (Å²) >= 11 is 0. The van der Waals surface area contributed by atoms with Crippen molar-refractivity contribution in [3.05, 3.63) is 35.4 Å². The van der Waals surface area contributed by atoms with Gasteiger partial charge in [0.05, 0.1) is 0 Å². The quantitative estimate of drug-likeness (QED) is 0.367. The molecule has 0 aromatic heterocycles. The van der Waals surface area contributed by atoms with E-state index in [0.29, 0.717) is 0 Å². The van der Waals surface area contributed by atoms with E-state index in [1.54, 1.807) is 0 Å². The van der Waals surface area contributed by atoms with Crippen molar-refractivity contribution in [3.63, 3.8) is 0 Å². The van der Waals surface area contributed by atoms with Crippen LogP contribution in [-0.2, 0) is 6.54 Å². The summed E-state index contributed by atoms with van der Waals surface area (Å²) in [5.41, 5.74) is 7.63. The SMILES string of the molecule is CN1CCC(CN(C)Cc2ccccc2C(N)=NO)C1. The normalized spacial score (nSPS) is 20.8. The van der Waals surface area contributed by atoms with Crippen LogP contribution in [-0.4, -0.2) is 54.6 Å². The lowest BCUT2D eigenvalue weighted by atomic mass is 10.0. The number of hydrogen-bond acceptors (Lipinski definition) is 4. The van der Waals surface area contributed by atoms with Gasteiger partial charge in [-0.25, -0.2) is 0 Å². The van der Waals surface area contributed by atoms with Crippen LogP contribution in [0.4, 0.5) is 0 Å². The second-order valence-electron chi connectivity index (χ2n) is 5.76. The molecule has 0 amide bonds. The van der Waals surface area contributed by atoms with Crippen LogP contribution in [0.2, 0.25) is 0 Å². The van der Waals surface area contributed by atoms with E-state index in [1.807, 2.05) is 24.3 Å². The first-order chi connectivity index (χ1) is 9.60. The van der Waals surface area contributed by atoms with E-state index in [0.717, 1.165) is 30.1 Å². The molecule has 1 aromatic carbocycles. The largest absolute Gasteiger partial charge is 0.409 e. The van der Waals surface area contributed by atoms with E-state index in [-0.39, 0.29) is 5.84 Å². The zero-order chi connectivity index (χ0) is 14.5. The van der Waals surface area contributed by atoms with Crippen LogP contribution in [0.3, 0.4) is 0 Å². The molecule has 0 saturated carbocycles. The highest BCUT2D eigenvalue weighted by Gasteiger charge is 2.21. The molecule has 0 aliphatic carbocycles. The lowest BCUT2D eigenvalue weighted by Crippen LogP contribution is -2.28. The molecule has 3 N–H and O–H groups in total. The van der Waals surface area contributed by atoms with Crippen LogP contribution in [0, 0.1) is 5.92 Å². The molecular weight excluding hydrogens is 252 g/mol. The average Bonchev–Trinajstić information content (AvgIpc) is 2.83. The highest BCUT2D eigenvalue weighted by atomic mass is 16.4. The first-order valence-corrected chi connectivity index (χ1v) is 7.03. The Kier molecular flexibility index (Phi) is 4.98. The van der Waals surface area contributed by atoms with Crippen molar-refractivity contribution in [2.45, 2.75) is 13.0 Å². The number of amidine groups is 1. The van der Waals surface area contributed by atoms with E-state index in [4.69, 9.17) is 10.9 Å². The van der Waals surface area contributed by atoms with Gasteiger partial charge < -0.3 is 20.7 Å². The summed E-state index contributed by atoms with van der Waals surface area (Å²) in [5, 5.41) is 12.0. The molecule has 0 radical (unpaired) electrons. The Morgan fingerprint density at radius 3 is 2.90 bits per heavy atom. The smallest absolute Gasteiger partial charge is 0.170 e. The van der Waals surface area contributed by atoms with Crippen molar-refractivity contribution >= 4 is 5.84 Å². The minimum Gasteiger partial charge on any atom is -0.409 e. The summed E-state index contributed by atoms with van der Waals surface area (Å²) < 4.78 is 0. The average molecular weight is 276 g/mol. The molecule has 5 nitrogen and oxygen atoms in total. The molecule has 1 atom stereocenters. The molecule has 5 heteroatoms. The fourth-order valence-corrected chi connectivity index (χ4v) is 2.93. The number of nitrogens with zero attached hydrogens (tertiary/aromatic N) is 3. The maximum atomic E-state index is 8.85. The molecule has 1 aliphatic rings. The molecule has 110 valence electrons. The van der Waals surface area contributed by atoms with Gasteiger partial charge in [-0.05, 0) is 38.5 Å². The van der Waals surface area contributed by atoms with Crippen molar-refractivity contribution in [1.82, 2.24) is 9.80 Å². The third-order valence-electron chi connectivity index (χ3n) is 3.90. The van der Waals surface area contributed by atoms with E-state index >= 15 is 0 Å². The summed E-state index contributed by atoms with van der Waals surface area (Å²) in [5.74, 6) is 0.913. The van der Waals surface area contributed by atoms with Gasteiger partial charge in [0.1, 0.15) is 0 Å². The van der Waals surface area contributed by atoms with Crippen molar-refractivity contribution in [2.24, 2.45) is 16.8 Å². The maximum Gasteiger partial charge on any atom is 0.170 e. The Morgan fingerprint density at radius 1 is 1.50 bits per heavy atom. The van der Waals surface area contributed by atoms with E-state index in [9.17, 15) is 0 Å². The monoisotopic (exact) mass is 276 g/mol. The highest BCUT2D eigenvalue weighted by Crippen LogP contribution is 2.17. The van der Waals surface area contributed by atoms with Gasteiger partial charge in [-0.1, -0.05) is 29.4 Å². The first kappa shape index (κ1) is 14.8. The van der Waals surface area contributed by atoms with Crippen LogP contribution < -0.4 is 5.73 Å². The van der Waals surface area contributed by atoms with E-state index < -0.39 is 0 Å².